The van der Waals surface area contributed by atoms with Gasteiger partial charge in [-0.2, -0.15) is 0 Å². The summed E-state index contributed by atoms with van der Waals surface area (Å²) in [7, 11) is -3.49. The summed E-state index contributed by atoms with van der Waals surface area (Å²) in [5.41, 5.74) is 0.898. The van der Waals surface area contributed by atoms with Crippen molar-refractivity contribution < 1.29 is 17.9 Å². The lowest BCUT2D eigenvalue weighted by atomic mass is 10.2. The Kier molecular flexibility index (Phi) is 6.71. The third-order valence-electron chi connectivity index (χ3n) is 4.28. The zero-order valence-electron chi connectivity index (χ0n) is 15.9. The average Bonchev–Trinajstić information content (AvgIpc) is 2.74. The van der Waals surface area contributed by atoms with Gasteiger partial charge in [0.1, 0.15) is 18.1 Å². The maximum Gasteiger partial charge on any atom is 0.206 e. The fourth-order valence-electron chi connectivity index (χ4n) is 2.63. The molecule has 0 aliphatic rings. The van der Waals surface area contributed by atoms with E-state index >= 15 is 0 Å². The van der Waals surface area contributed by atoms with Gasteiger partial charge in [-0.3, -0.25) is 0 Å². The zero-order chi connectivity index (χ0) is 19.8. The Hall–Kier alpha value is -2.79. The van der Waals surface area contributed by atoms with Crippen LogP contribution in [0.1, 0.15) is 25.3 Å². The van der Waals surface area contributed by atoms with Crippen LogP contribution < -0.4 is 9.47 Å². The molecule has 0 saturated heterocycles. The van der Waals surface area contributed by atoms with Gasteiger partial charge >= 0.3 is 0 Å². The molecule has 0 amide bonds. The molecule has 146 valence electrons. The van der Waals surface area contributed by atoms with Crippen LogP contribution in [0.5, 0.6) is 11.5 Å². The largest absolute Gasteiger partial charge is 0.494 e. The van der Waals surface area contributed by atoms with Crippen molar-refractivity contribution >= 4 is 9.84 Å². The molecular weight excluding hydrogens is 372 g/mol. The summed E-state index contributed by atoms with van der Waals surface area (Å²) >= 11 is 0. The maximum absolute atomic E-state index is 12.6. The Bertz CT molecular complexity index is 963. The Labute approximate surface area is 166 Å². The molecule has 0 aliphatic heterocycles. The molecular formula is C23H24O4S. The molecule has 0 aliphatic carbocycles. The first-order valence-electron chi connectivity index (χ1n) is 9.34. The highest BCUT2D eigenvalue weighted by Crippen LogP contribution is 2.22. The summed E-state index contributed by atoms with van der Waals surface area (Å²) in [6.07, 6.45) is 2.14. The maximum atomic E-state index is 12.6. The van der Waals surface area contributed by atoms with Gasteiger partial charge in [0.2, 0.25) is 9.84 Å². The standard InChI is InChI=1S/C23H24O4S/c1-2-3-17-26-20-11-13-21(14-12-20)27-18-19-9-15-23(16-10-19)28(24,25)22-7-5-4-6-8-22/h4-16H,2-3,17-18H2,1H3. The van der Waals surface area contributed by atoms with Crippen LogP contribution >= 0.6 is 0 Å². The predicted molar refractivity (Wildman–Crippen MR) is 110 cm³/mol. The van der Waals surface area contributed by atoms with Gasteiger partial charge in [-0.15, -0.1) is 0 Å². The number of hydrogen-bond acceptors (Lipinski definition) is 4. The molecule has 28 heavy (non-hydrogen) atoms. The predicted octanol–water partition coefficient (Wildman–Crippen LogP) is 5.28. The van der Waals surface area contributed by atoms with Gasteiger partial charge in [0.15, 0.2) is 0 Å². The van der Waals surface area contributed by atoms with Gasteiger partial charge in [0.05, 0.1) is 16.4 Å². The zero-order valence-corrected chi connectivity index (χ0v) is 16.7. The summed E-state index contributed by atoms with van der Waals surface area (Å²) in [6, 6.07) is 22.7. The fourth-order valence-corrected chi connectivity index (χ4v) is 3.92. The number of sulfone groups is 1. The van der Waals surface area contributed by atoms with Crippen LogP contribution in [0.3, 0.4) is 0 Å². The van der Waals surface area contributed by atoms with Crippen LogP contribution in [-0.4, -0.2) is 15.0 Å². The highest BCUT2D eigenvalue weighted by Gasteiger charge is 2.16. The van der Waals surface area contributed by atoms with Crippen molar-refractivity contribution in [2.45, 2.75) is 36.2 Å². The molecule has 3 rings (SSSR count). The normalized spacial score (nSPS) is 11.2. The quantitative estimate of drug-likeness (QED) is 0.462. The minimum absolute atomic E-state index is 0.274. The molecule has 0 saturated carbocycles. The summed E-state index contributed by atoms with van der Waals surface area (Å²) < 4.78 is 36.6. The highest BCUT2D eigenvalue weighted by molar-refractivity contribution is 7.91. The van der Waals surface area contributed by atoms with E-state index in [-0.39, 0.29) is 4.90 Å². The molecule has 0 N–H and O–H groups in total. The molecule has 5 heteroatoms. The van der Waals surface area contributed by atoms with Crippen LogP contribution in [0.25, 0.3) is 0 Å². The van der Waals surface area contributed by atoms with Gasteiger partial charge in [0, 0.05) is 0 Å². The van der Waals surface area contributed by atoms with Crippen molar-refractivity contribution in [2.24, 2.45) is 0 Å². The van der Waals surface area contributed by atoms with Gasteiger partial charge in [-0.05, 0) is 60.5 Å². The number of benzene rings is 3. The van der Waals surface area contributed by atoms with E-state index in [9.17, 15) is 8.42 Å². The second-order valence-electron chi connectivity index (χ2n) is 6.42. The first kappa shape index (κ1) is 20.0. The van der Waals surface area contributed by atoms with Crippen LogP contribution in [0.2, 0.25) is 0 Å². The molecule has 3 aromatic rings. The van der Waals surface area contributed by atoms with E-state index < -0.39 is 9.84 Å². The number of unbranched alkanes of at least 4 members (excludes halogenated alkanes) is 1. The molecule has 3 aromatic carbocycles. The van der Waals surface area contributed by atoms with E-state index in [1.165, 1.54) is 0 Å². The molecule has 0 unspecified atom stereocenters. The third-order valence-corrected chi connectivity index (χ3v) is 6.07. The monoisotopic (exact) mass is 396 g/mol. The van der Waals surface area contributed by atoms with Gasteiger partial charge in [-0.25, -0.2) is 8.42 Å². The van der Waals surface area contributed by atoms with Crippen molar-refractivity contribution in [1.82, 2.24) is 0 Å². The van der Waals surface area contributed by atoms with E-state index in [2.05, 4.69) is 6.92 Å². The van der Waals surface area contributed by atoms with Gasteiger partial charge < -0.3 is 9.47 Å². The minimum Gasteiger partial charge on any atom is -0.494 e. The summed E-state index contributed by atoms with van der Waals surface area (Å²) in [5, 5.41) is 0. The molecule has 0 atom stereocenters. The van der Waals surface area contributed by atoms with E-state index in [1.54, 1.807) is 54.6 Å². The molecule has 0 aromatic heterocycles. The first-order chi connectivity index (χ1) is 13.6. The van der Waals surface area contributed by atoms with Crippen molar-refractivity contribution in [3.05, 3.63) is 84.4 Å². The Morgan fingerprint density at radius 2 is 1.29 bits per heavy atom. The smallest absolute Gasteiger partial charge is 0.206 e. The van der Waals surface area contributed by atoms with Crippen LogP contribution in [-0.2, 0) is 16.4 Å². The van der Waals surface area contributed by atoms with Crippen molar-refractivity contribution in [3.8, 4) is 11.5 Å². The summed E-state index contributed by atoms with van der Waals surface area (Å²) in [5.74, 6) is 1.57. The molecule has 0 fully saturated rings. The second kappa shape index (κ2) is 9.42. The molecule has 0 heterocycles. The summed E-state index contributed by atoms with van der Waals surface area (Å²) in [6.45, 7) is 3.21. The van der Waals surface area contributed by atoms with Crippen LogP contribution in [0, 0.1) is 0 Å². The second-order valence-corrected chi connectivity index (χ2v) is 8.37. The topological polar surface area (TPSA) is 52.6 Å². The third kappa shape index (κ3) is 5.14. The fraction of sp³-hybridized carbons (Fsp3) is 0.217. The molecule has 4 nitrogen and oxygen atoms in total. The molecule has 0 radical (unpaired) electrons. The first-order valence-corrected chi connectivity index (χ1v) is 10.8. The average molecular weight is 397 g/mol. The van der Waals surface area contributed by atoms with Gasteiger partial charge in [-0.1, -0.05) is 43.7 Å². The Balaban J connectivity index is 1.59. The van der Waals surface area contributed by atoms with Crippen molar-refractivity contribution in [1.29, 1.82) is 0 Å². The van der Waals surface area contributed by atoms with Gasteiger partial charge in [0.25, 0.3) is 0 Å². The van der Waals surface area contributed by atoms with E-state index in [1.807, 2.05) is 24.3 Å². The molecule has 0 bridgehead atoms. The lowest BCUT2D eigenvalue weighted by Crippen LogP contribution is -2.02. The SMILES string of the molecule is CCCCOc1ccc(OCc2ccc(S(=O)(=O)c3ccccc3)cc2)cc1. The minimum atomic E-state index is -3.49. The van der Waals surface area contributed by atoms with E-state index in [0.29, 0.717) is 11.5 Å². The number of hydrogen-bond donors (Lipinski definition) is 0. The number of rotatable bonds is 9. The van der Waals surface area contributed by atoms with Crippen LogP contribution in [0.4, 0.5) is 0 Å². The van der Waals surface area contributed by atoms with Crippen molar-refractivity contribution in [2.75, 3.05) is 6.61 Å². The lowest BCUT2D eigenvalue weighted by molar-refractivity contribution is 0.299. The van der Waals surface area contributed by atoms with E-state index in [4.69, 9.17) is 9.47 Å². The van der Waals surface area contributed by atoms with Crippen molar-refractivity contribution in [3.63, 3.8) is 0 Å². The lowest BCUT2D eigenvalue weighted by Gasteiger charge is -2.09. The number of ether oxygens (including phenoxy) is 2. The highest BCUT2D eigenvalue weighted by atomic mass is 32.2. The van der Waals surface area contributed by atoms with E-state index in [0.717, 1.165) is 36.5 Å². The summed E-state index contributed by atoms with van der Waals surface area (Å²) in [4.78, 5) is 0.566. The Morgan fingerprint density at radius 3 is 1.89 bits per heavy atom. The Morgan fingerprint density at radius 1 is 0.714 bits per heavy atom. The van der Waals surface area contributed by atoms with Crippen LogP contribution in [0.15, 0.2) is 88.7 Å². The molecule has 0 spiro atoms.